The highest BCUT2D eigenvalue weighted by Crippen LogP contribution is 2.33. The SMILES string of the molecule is B.COc1cccc(C(O)c2ccc(Br)cc2CN(C)CCO)c1C.CSC. The van der Waals surface area contributed by atoms with E-state index in [-0.39, 0.29) is 15.0 Å². The fourth-order valence-corrected chi connectivity index (χ4v) is 3.24. The Morgan fingerprint density at radius 1 is 1.18 bits per heavy atom. The molecule has 0 aliphatic heterocycles. The molecule has 0 fully saturated rings. The molecule has 2 N–H and O–H groups in total. The van der Waals surface area contributed by atoms with Gasteiger partial charge in [-0.1, -0.05) is 34.1 Å². The van der Waals surface area contributed by atoms with E-state index in [0.29, 0.717) is 13.1 Å². The van der Waals surface area contributed by atoms with Gasteiger partial charge in [-0.25, -0.2) is 0 Å². The third-order valence-corrected chi connectivity index (χ3v) is 4.66. The fourth-order valence-electron chi connectivity index (χ4n) is 2.83. The van der Waals surface area contributed by atoms with Crippen molar-refractivity contribution in [3.05, 3.63) is 63.1 Å². The molecular weight excluding hydrogens is 437 g/mol. The van der Waals surface area contributed by atoms with Crippen molar-refractivity contribution in [2.75, 3.05) is 39.8 Å². The van der Waals surface area contributed by atoms with Gasteiger partial charge >= 0.3 is 0 Å². The first-order chi connectivity index (χ1) is 12.9. The summed E-state index contributed by atoms with van der Waals surface area (Å²) in [6.07, 6.45) is 3.35. The van der Waals surface area contributed by atoms with Crippen LogP contribution in [0.3, 0.4) is 0 Å². The van der Waals surface area contributed by atoms with Crippen LogP contribution < -0.4 is 4.74 Å². The molecule has 28 heavy (non-hydrogen) atoms. The molecular formula is C21H33BBrNO3S. The number of methoxy groups -OCH3 is 1. The Morgan fingerprint density at radius 3 is 2.39 bits per heavy atom. The van der Waals surface area contributed by atoms with Gasteiger partial charge in [0.2, 0.25) is 0 Å². The van der Waals surface area contributed by atoms with E-state index in [2.05, 4.69) is 15.9 Å². The molecule has 0 spiro atoms. The van der Waals surface area contributed by atoms with Crippen LogP contribution in [0.25, 0.3) is 0 Å². The summed E-state index contributed by atoms with van der Waals surface area (Å²) in [5.74, 6) is 0.766. The number of halogens is 1. The van der Waals surface area contributed by atoms with Crippen molar-refractivity contribution in [1.29, 1.82) is 0 Å². The van der Waals surface area contributed by atoms with Crippen molar-refractivity contribution in [3.8, 4) is 5.75 Å². The lowest BCUT2D eigenvalue weighted by Crippen LogP contribution is -2.22. The maximum absolute atomic E-state index is 11.0. The standard InChI is InChI=1S/C19H24BrNO3.C2H6S.BH3/c1-13-16(5-4-6-18(13)24-3)19(23)17-8-7-15(20)11-14(17)12-21(2)9-10-22;1-3-2;/h4-8,11,19,22-23H,9-10,12H2,1-3H3;1-2H3;1H3. The van der Waals surface area contributed by atoms with Crippen molar-refractivity contribution in [2.45, 2.75) is 19.6 Å². The molecule has 2 aromatic rings. The van der Waals surface area contributed by atoms with Gasteiger partial charge in [0, 0.05) is 17.6 Å². The first-order valence-electron chi connectivity index (χ1n) is 8.68. The topological polar surface area (TPSA) is 52.9 Å². The van der Waals surface area contributed by atoms with Gasteiger partial charge in [0.1, 0.15) is 11.9 Å². The molecule has 0 aliphatic carbocycles. The molecule has 0 aromatic heterocycles. The third-order valence-electron chi connectivity index (χ3n) is 4.16. The summed E-state index contributed by atoms with van der Waals surface area (Å²) in [5, 5.41) is 20.1. The predicted octanol–water partition coefficient (Wildman–Crippen LogP) is 3.07. The van der Waals surface area contributed by atoms with Gasteiger partial charge in [-0.05, 0) is 66.9 Å². The minimum Gasteiger partial charge on any atom is -0.496 e. The largest absolute Gasteiger partial charge is 0.496 e. The molecule has 0 heterocycles. The maximum atomic E-state index is 11.0. The third kappa shape index (κ3) is 7.80. The van der Waals surface area contributed by atoms with Crippen LogP contribution >= 0.6 is 27.7 Å². The molecule has 0 radical (unpaired) electrons. The van der Waals surface area contributed by atoms with E-state index >= 15 is 0 Å². The van der Waals surface area contributed by atoms with Gasteiger partial charge in [0.05, 0.1) is 22.1 Å². The molecule has 156 valence electrons. The zero-order chi connectivity index (χ0) is 20.4. The number of nitrogens with zero attached hydrogens (tertiary/aromatic N) is 1. The molecule has 1 unspecified atom stereocenters. The second-order valence-corrected chi connectivity index (χ2v) is 8.02. The zero-order valence-corrected chi connectivity index (χ0v) is 19.1. The second-order valence-electron chi connectivity index (χ2n) is 6.29. The van der Waals surface area contributed by atoms with Crippen molar-refractivity contribution >= 4 is 36.1 Å². The van der Waals surface area contributed by atoms with Crippen LogP contribution in [-0.4, -0.2) is 63.3 Å². The number of likely N-dealkylation sites (N-methyl/N-ethyl adjacent to an activating group) is 1. The number of thioether (sulfide) groups is 1. The minimum absolute atomic E-state index is 0. The number of aliphatic hydroxyl groups excluding tert-OH is 2. The number of aliphatic hydroxyl groups is 2. The maximum Gasteiger partial charge on any atom is 0.122 e. The van der Waals surface area contributed by atoms with Crippen molar-refractivity contribution in [2.24, 2.45) is 0 Å². The number of benzene rings is 2. The van der Waals surface area contributed by atoms with E-state index in [1.807, 2.05) is 67.8 Å². The van der Waals surface area contributed by atoms with E-state index in [0.717, 1.165) is 32.5 Å². The molecule has 1 atom stereocenters. The number of ether oxygens (including phenoxy) is 1. The summed E-state index contributed by atoms with van der Waals surface area (Å²) < 4.78 is 6.33. The Bertz CT molecular complexity index is 718. The van der Waals surface area contributed by atoms with Crippen LogP contribution in [0.15, 0.2) is 40.9 Å². The summed E-state index contributed by atoms with van der Waals surface area (Å²) >= 11 is 5.25. The average Bonchev–Trinajstić information content (AvgIpc) is 2.62. The summed E-state index contributed by atoms with van der Waals surface area (Å²) in [4.78, 5) is 2.02. The first kappa shape index (κ1) is 27.0. The van der Waals surface area contributed by atoms with Crippen molar-refractivity contribution < 1.29 is 14.9 Å². The normalized spacial score (nSPS) is 11.3. The van der Waals surface area contributed by atoms with Gasteiger partial charge in [0.25, 0.3) is 0 Å². The zero-order valence-electron chi connectivity index (χ0n) is 16.7. The van der Waals surface area contributed by atoms with Gasteiger partial charge < -0.3 is 14.9 Å². The molecule has 2 aromatic carbocycles. The van der Waals surface area contributed by atoms with Crippen molar-refractivity contribution in [1.82, 2.24) is 4.90 Å². The molecule has 0 aliphatic rings. The van der Waals surface area contributed by atoms with E-state index < -0.39 is 6.10 Å². The van der Waals surface area contributed by atoms with E-state index in [1.54, 1.807) is 18.9 Å². The highest BCUT2D eigenvalue weighted by molar-refractivity contribution is 9.10. The van der Waals surface area contributed by atoms with Crippen LogP contribution in [0.2, 0.25) is 0 Å². The molecule has 0 bridgehead atoms. The number of hydrogen-bond acceptors (Lipinski definition) is 5. The molecule has 4 nitrogen and oxygen atoms in total. The Morgan fingerprint density at radius 2 is 1.82 bits per heavy atom. The fraction of sp³-hybridized carbons (Fsp3) is 0.429. The minimum atomic E-state index is -0.731. The summed E-state index contributed by atoms with van der Waals surface area (Å²) in [7, 11) is 3.58. The highest BCUT2D eigenvalue weighted by atomic mass is 79.9. The van der Waals surface area contributed by atoms with Crippen LogP contribution in [0, 0.1) is 6.92 Å². The van der Waals surface area contributed by atoms with E-state index in [4.69, 9.17) is 9.84 Å². The molecule has 0 amide bonds. The Kier molecular flexibility index (Phi) is 13.6. The monoisotopic (exact) mass is 469 g/mol. The van der Waals surface area contributed by atoms with Crippen LogP contribution in [0.1, 0.15) is 28.4 Å². The summed E-state index contributed by atoms with van der Waals surface area (Å²) in [5.41, 5.74) is 3.65. The Balaban J connectivity index is 0.00000171. The smallest absolute Gasteiger partial charge is 0.122 e. The predicted molar refractivity (Wildman–Crippen MR) is 129 cm³/mol. The van der Waals surface area contributed by atoms with Crippen LogP contribution in [-0.2, 0) is 6.54 Å². The van der Waals surface area contributed by atoms with Crippen molar-refractivity contribution in [3.63, 3.8) is 0 Å². The lowest BCUT2D eigenvalue weighted by molar-refractivity contribution is 0.206. The Hall–Kier alpha value is -0.985. The summed E-state index contributed by atoms with van der Waals surface area (Å²) in [6, 6.07) is 11.6. The van der Waals surface area contributed by atoms with E-state index in [1.165, 1.54) is 0 Å². The number of rotatable bonds is 7. The molecule has 0 saturated carbocycles. The lowest BCUT2D eigenvalue weighted by Gasteiger charge is -2.22. The first-order valence-corrected chi connectivity index (χ1v) is 11.1. The van der Waals surface area contributed by atoms with Gasteiger partial charge in [-0.15, -0.1) is 0 Å². The lowest BCUT2D eigenvalue weighted by atomic mass is 9.93. The quantitative estimate of drug-likeness (QED) is 0.610. The molecule has 7 heteroatoms. The average molecular weight is 470 g/mol. The number of hydrogen-bond donors (Lipinski definition) is 2. The summed E-state index contributed by atoms with van der Waals surface area (Å²) in [6.45, 7) is 3.29. The highest BCUT2D eigenvalue weighted by Gasteiger charge is 2.19. The molecule has 0 saturated heterocycles. The van der Waals surface area contributed by atoms with Gasteiger partial charge in [-0.2, -0.15) is 11.8 Å². The van der Waals surface area contributed by atoms with Gasteiger partial charge in [-0.3, -0.25) is 4.90 Å². The van der Waals surface area contributed by atoms with Gasteiger partial charge in [0.15, 0.2) is 0 Å². The van der Waals surface area contributed by atoms with Crippen LogP contribution in [0.5, 0.6) is 5.75 Å². The Labute approximate surface area is 184 Å². The van der Waals surface area contributed by atoms with E-state index in [9.17, 15) is 5.11 Å². The second kappa shape index (κ2) is 14.1. The van der Waals surface area contributed by atoms with Crippen LogP contribution in [0.4, 0.5) is 0 Å². The molecule has 2 rings (SSSR count).